The quantitative estimate of drug-likeness (QED) is 0.437. The van der Waals surface area contributed by atoms with Crippen LogP contribution in [0.3, 0.4) is 0 Å². The van der Waals surface area contributed by atoms with Crippen molar-refractivity contribution >= 4 is 34.9 Å². The van der Waals surface area contributed by atoms with Gasteiger partial charge >= 0.3 is 11.9 Å². The van der Waals surface area contributed by atoms with Gasteiger partial charge in [0.05, 0.1) is 22.1 Å². The smallest absolute Gasteiger partial charge is 0.335 e. The van der Waals surface area contributed by atoms with E-state index in [9.17, 15) is 19.8 Å². The second-order valence-electron chi connectivity index (χ2n) is 7.95. The van der Waals surface area contributed by atoms with Gasteiger partial charge in [0, 0.05) is 12.4 Å². The van der Waals surface area contributed by atoms with Crippen molar-refractivity contribution in [3.05, 3.63) is 52.8 Å². The first-order valence-electron chi connectivity index (χ1n) is 10.1. The molecule has 0 amide bonds. The molecule has 9 nitrogen and oxygen atoms in total. The van der Waals surface area contributed by atoms with Crippen LogP contribution >= 0.6 is 11.3 Å². The number of pyridine rings is 2. The Kier molecular flexibility index (Phi) is 5.90. The molecule has 0 aromatic carbocycles. The lowest BCUT2D eigenvalue weighted by atomic mass is 9.79. The second-order valence-corrected chi connectivity index (χ2v) is 8.98. The summed E-state index contributed by atoms with van der Waals surface area (Å²) in [7, 11) is 0. The predicted octanol–water partition coefficient (Wildman–Crippen LogP) is 3.81. The zero-order valence-corrected chi connectivity index (χ0v) is 18.1. The Labute approximate surface area is 187 Å². The summed E-state index contributed by atoms with van der Waals surface area (Å²) in [5.74, 6) is -1.41. The molecule has 1 fully saturated rings. The zero-order valence-electron chi connectivity index (χ0n) is 17.3. The lowest BCUT2D eigenvalue weighted by molar-refractivity contribution is -0.145. The molecule has 0 atom stereocenters. The fraction of sp³-hybridized carbons (Fsp3) is 0.318. The van der Waals surface area contributed by atoms with Gasteiger partial charge in [-0.25, -0.2) is 19.7 Å². The number of carboxylic acid groups (broad SMARTS) is 2. The molecule has 0 aliphatic heterocycles. The van der Waals surface area contributed by atoms with E-state index in [0.717, 1.165) is 10.4 Å². The van der Waals surface area contributed by atoms with Gasteiger partial charge in [-0.05, 0) is 62.4 Å². The van der Waals surface area contributed by atoms with E-state index < -0.39 is 23.5 Å². The number of thiazole rings is 1. The van der Waals surface area contributed by atoms with Crippen molar-refractivity contribution in [2.45, 2.75) is 38.2 Å². The van der Waals surface area contributed by atoms with Crippen molar-refractivity contribution in [3.8, 4) is 10.6 Å². The first-order chi connectivity index (χ1) is 15.2. The number of carboxylic acids is 2. The molecule has 1 aliphatic carbocycles. The Morgan fingerprint density at radius 2 is 1.88 bits per heavy atom. The van der Waals surface area contributed by atoms with Crippen LogP contribution in [0.1, 0.15) is 46.6 Å². The van der Waals surface area contributed by atoms with E-state index in [1.165, 1.54) is 29.7 Å². The Morgan fingerprint density at radius 1 is 1.12 bits per heavy atom. The monoisotopic (exact) mass is 454 g/mol. The summed E-state index contributed by atoms with van der Waals surface area (Å²) in [4.78, 5) is 36.3. The van der Waals surface area contributed by atoms with Crippen molar-refractivity contribution in [1.29, 1.82) is 0 Å². The molecule has 32 heavy (non-hydrogen) atoms. The third-order valence-electron chi connectivity index (χ3n) is 5.55. The lowest BCUT2D eigenvalue weighted by Crippen LogP contribution is -2.33. The van der Waals surface area contributed by atoms with Crippen molar-refractivity contribution in [2.24, 2.45) is 5.92 Å². The normalized spacial score (nSPS) is 20.6. The first-order valence-corrected chi connectivity index (χ1v) is 10.9. The molecule has 0 unspecified atom stereocenters. The summed E-state index contributed by atoms with van der Waals surface area (Å²) in [5.41, 5.74) is 0.588. The van der Waals surface area contributed by atoms with Crippen molar-refractivity contribution in [3.63, 3.8) is 0 Å². The largest absolute Gasteiger partial charge is 0.481 e. The van der Waals surface area contributed by atoms with Gasteiger partial charge in [-0.15, -0.1) is 11.3 Å². The summed E-state index contributed by atoms with van der Waals surface area (Å²) in [6, 6.07) is 6.56. The number of hydrogen-bond acceptors (Lipinski definition) is 8. The molecule has 3 aromatic heterocycles. The molecule has 10 heteroatoms. The Hall–Kier alpha value is -3.37. The van der Waals surface area contributed by atoms with Gasteiger partial charge in [0.25, 0.3) is 0 Å². The van der Waals surface area contributed by atoms with Crippen LogP contribution in [0.2, 0.25) is 0 Å². The third-order valence-corrected chi connectivity index (χ3v) is 6.76. The molecule has 4 rings (SSSR count). The molecule has 0 saturated heterocycles. The molecule has 166 valence electrons. The van der Waals surface area contributed by atoms with Gasteiger partial charge in [-0.3, -0.25) is 4.79 Å². The van der Waals surface area contributed by atoms with Crippen LogP contribution in [0.25, 0.3) is 10.6 Å². The number of nitrogens with zero attached hydrogens (tertiary/aromatic N) is 3. The van der Waals surface area contributed by atoms with E-state index >= 15 is 0 Å². The number of anilines is 2. The fourth-order valence-electron chi connectivity index (χ4n) is 3.78. The van der Waals surface area contributed by atoms with Gasteiger partial charge < -0.3 is 20.6 Å². The summed E-state index contributed by atoms with van der Waals surface area (Å²) in [5, 5.41) is 33.0. The molecule has 0 radical (unpaired) electrons. The highest BCUT2D eigenvalue weighted by molar-refractivity contribution is 7.15. The zero-order chi connectivity index (χ0) is 22.9. The van der Waals surface area contributed by atoms with Crippen LogP contribution in [-0.4, -0.2) is 42.2 Å². The highest BCUT2D eigenvalue weighted by atomic mass is 32.1. The highest BCUT2D eigenvalue weighted by Gasteiger charge is 2.39. The van der Waals surface area contributed by atoms with Gasteiger partial charge in [-0.2, -0.15) is 0 Å². The van der Waals surface area contributed by atoms with Gasteiger partial charge in [-0.1, -0.05) is 0 Å². The summed E-state index contributed by atoms with van der Waals surface area (Å²) < 4.78 is 0. The first kappa shape index (κ1) is 21.8. The molecule has 0 spiro atoms. The average Bonchev–Trinajstić information content (AvgIpc) is 3.25. The van der Waals surface area contributed by atoms with Crippen molar-refractivity contribution < 1.29 is 24.9 Å². The Morgan fingerprint density at radius 3 is 2.56 bits per heavy atom. The minimum atomic E-state index is -1.12. The van der Waals surface area contributed by atoms with E-state index in [2.05, 4.69) is 20.3 Å². The van der Waals surface area contributed by atoms with Crippen LogP contribution in [0.4, 0.5) is 11.6 Å². The number of aromatic nitrogens is 3. The maximum absolute atomic E-state index is 11.2. The third kappa shape index (κ3) is 4.61. The number of aliphatic hydroxyl groups is 1. The van der Waals surface area contributed by atoms with E-state index in [0.29, 0.717) is 48.0 Å². The fourth-order valence-corrected chi connectivity index (χ4v) is 4.81. The van der Waals surface area contributed by atoms with E-state index in [-0.39, 0.29) is 5.56 Å². The van der Waals surface area contributed by atoms with Crippen LogP contribution in [0.5, 0.6) is 0 Å². The number of hydrogen-bond donors (Lipinski definition) is 4. The minimum absolute atomic E-state index is 0.119. The van der Waals surface area contributed by atoms with Crippen LogP contribution in [-0.2, 0) is 10.4 Å². The van der Waals surface area contributed by atoms with Crippen molar-refractivity contribution in [2.75, 3.05) is 5.32 Å². The molecular formula is C22H22N4O5S. The number of nitrogens with one attached hydrogen (secondary N) is 1. The maximum Gasteiger partial charge on any atom is 0.335 e. The van der Waals surface area contributed by atoms with E-state index in [1.54, 1.807) is 6.20 Å². The molecule has 0 bridgehead atoms. The van der Waals surface area contributed by atoms with Gasteiger partial charge in [0.15, 0.2) is 0 Å². The molecule has 3 heterocycles. The summed E-state index contributed by atoms with van der Waals surface area (Å²) in [6.07, 6.45) is 4.63. The number of aliphatic carboxylic acids is 1. The number of carbonyl (C=O) groups is 2. The number of rotatable bonds is 6. The van der Waals surface area contributed by atoms with Gasteiger partial charge in [0.2, 0.25) is 0 Å². The molecule has 3 aromatic rings. The van der Waals surface area contributed by atoms with Crippen molar-refractivity contribution in [1.82, 2.24) is 15.0 Å². The summed E-state index contributed by atoms with van der Waals surface area (Å²) in [6.45, 7) is 1.92. The second kappa shape index (κ2) is 8.64. The van der Waals surface area contributed by atoms with Crippen LogP contribution < -0.4 is 5.32 Å². The molecular weight excluding hydrogens is 432 g/mol. The van der Waals surface area contributed by atoms with E-state index in [1.807, 2.05) is 19.1 Å². The minimum Gasteiger partial charge on any atom is -0.481 e. The van der Waals surface area contributed by atoms with Gasteiger partial charge in [0.1, 0.15) is 22.2 Å². The van der Waals surface area contributed by atoms with Crippen LogP contribution in [0, 0.1) is 12.8 Å². The Balaban J connectivity index is 1.56. The molecule has 4 N–H and O–H groups in total. The number of aryl methyl sites for hydroxylation is 1. The van der Waals surface area contributed by atoms with Crippen LogP contribution in [0.15, 0.2) is 36.7 Å². The predicted molar refractivity (Wildman–Crippen MR) is 118 cm³/mol. The summed E-state index contributed by atoms with van der Waals surface area (Å²) >= 11 is 1.34. The highest BCUT2D eigenvalue weighted by Crippen LogP contribution is 2.42. The lowest BCUT2D eigenvalue weighted by Gasteiger charge is -2.32. The topological polar surface area (TPSA) is 146 Å². The number of aromatic carboxylic acids is 1. The molecule has 1 saturated carbocycles. The molecule has 1 aliphatic rings. The Bertz CT molecular complexity index is 1170. The average molecular weight is 455 g/mol. The van der Waals surface area contributed by atoms with E-state index in [4.69, 9.17) is 5.11 Å². The SMILES string of the molecule is Cc1cc(Nc2cc(C(=O)O)ccn2)nc(-c2cnc([C@]3(O)CC[C@@H](C(=O)O)CC3)s2)c1. The maximum atomic E-state index is 11.2. The standard InChI is InChI=1S/C22H22N4O5S/c1-12-8-15(25-18(9-12)26-17-10-14(20(29)30)4-7-23-17)16-11-24-21(32-16)22(31)5-2-13(3-6-22)19(27)28/h4,7-11,13,31H,2-3,5-6H2,1H3,(H,27,28)(H,29,30)(H,23,25,26)/t13-,22+.